The molecule has 3 nitrogen and oxygen atoms in total. The van der Waals surface area contributed by atoms with Crippen molar-refractivity contribution in [1.29, 1.82) is 0 Å². The molecule has 0 aliphatic heterocycles. The zero-order chi connectivity index (χ0) is 11.8. The number of aliphatic hydroxyl groups excluding tert-OH is 2. The fraction of sp³-hybridized carbons (Fsp3) is 0.692. The highest BCUT2D eigenvalue weighted by atomic mass is 16.3. The highest BCUT2D eigenvalue weighted by Crippen LogP contribution is 2.43. The van der Waals surface area contributed by atoms with E-state index in [0.717, 1.165) is 24.4 Å². The Balaban J connectivity index is 2.28. The van der Waals surface area contributed by atoms with Gasteiger partial charge in [0, 0.05) is 18.1 Å². The maximum atomic E-state index is 9.64. The molecule has 1 saturated carbocycles. The fourth-order valence-corrected chi connectivity index (χ4v) is 2.62. The van der Waals surface area contributed by atoms with Gasteiger partial charge in [0.15, 0.2) is 0 Å². The Hall–Kier alpha value is -0.800. The summed E-state index contributed by atoms with van der Waals surface area (Å²) in [6.07, 6.45) is 1.95. The molecule has 1 heterocycles. The summed E-state index contributed by atoms with van der Waals surface area (Å²) < 4.78 is 5.64. The second-order valence-electron chi connectivity index (χ2n) is 5.06. The van der Waals surface area contributed by atoms with Crippen LogP contribution in [-0.2, 0) is 5.41 Å². The van der Waals surface area contributed by atoms with Crippen LogP contribution >= 0.6 is 0 Å². The van der Waals surface area contributed by atoms with Gasteiger partial charge in [0.05, 0.1) is 6.10 Å². The normalized spacial score (nSPS) is 35.2. The van der Waals surface area contributed by atoms with Gasteiger partial charge < -0.3 is 14.6 Å². The number of hydrogen-bond acceptors (Lipinski definition) is 3. The first-order chi connectivity index (χ1) is 7.56. The Kier molecular flexibility index (Phi) is 3.08. The van der Waals surface area contributed by atoms with E-state index in [-0.39, 0.29) is 24.0 Å². The molecule has 2 rings (SSSR count). The molecule has 3 atom stereocenters. The van der Waals surface area contributed by atoms with Crippen LogP contribution in [0.1, 0.15) is 37.7 Å². The second-order valence-corrected chi connectivity index (χ2v) is 5.06. The molecule has 0 bridgehead atoms. The van der Waals surface area contributed by atoms with Crippen LogP contribution in [-0.4, -0.2) is 22.9 Å². The van der Waals surface area contributed by atoms with E-state index < -0.39 is 0 Å². The summed E-state index contributed by atoms with van der Waals surface area (Å²) in [7, 11) is 0. The lowest BCUT2D eigenvalue weighted by molar-refractivity contribution is 0.0205. The largest absolute Gasteiger partial charge is 0.465 e. The Morgan fingerprint density at radius 1 is 1.62 bits per heavy atom. The van der Waals surface area contributed by atoms with Gasteiger partial charge in [-0.15, -0.1) is 0 Å². The lowest BCUT2D eigenvalue weighted by Crippen LogP contribution is -2.41. The molecule has 89 valence electrons. The van der Waals surface area contributed by atoms with Crippen molar-refractivity contribution >= 4 is 0 Å². The van der Waals surface area contributed by atoms with Crippen molar-refractivity contribution in [3.8, 4) is 0 Å². The van der Waals surface area contributed by atoms with Gasteiger partial charge in [0.1, 0.15) is 11.5 Å². The number of aryl methyl sites for hydroxylation is 1. The SMILES string of the molecule is Cc1c[c]c(C2(C)CC[C@H](O)C[C@@H]2CO)o1. The monoisotopic (exact) mass is 223 g/mol. The van der Waals surface area contributed by atoms with Crippen LogP contribution < -0.4 is 0 Å². The summed E-state index contributed by atoms with van der Waals surface area (Å²) in [5.41, 5.74) is -0.192. The summed E-state index contributed by atoms with van der Waals surface area (Å²) in [6, 6.07) is 4.97. The predicted molar refractivity (Wildman–Crippen MR) is 60.1 cm³/mol. The Morgan fingerprint density at radius 3 is 2.94 bits per heavy atom. The van der Waals surface area contributed by atoms with E-state index in [4.69, 9.17) is 4.42 Å². The first kappa shape index (κ1) is 11.7. The topological polar surface area (TPSA) is 53.6 Å². The highest BCUT2D eigenvalue weighted by Gasteiger charge is 2.42. The third-order valence-electron chi connectivity index (χ3n) is 3.86. The highest BCUT2D eigenvalue weighted by molar-refractivity contribution is 5.17. The van der Waals surface area contributed by atoms with Crippen molar-refractivity contribution in [2.75, 3.05) is 6.61 Å². The van der Waals surface area contributed by atoms with Crippen molar-refractivity contribution in [2.24, 2.45) is 5.92 Å². The number of rotatable bonds is 2. The summed E-state index contributed by atoms with van der Waals surface area (Å²) in [4.78, 5) is 0. The minimum atomic E-state index is -0.290. The molecule has 1 aliphatic rings. The standard InChI is InChI=1S/C13H19O3/c1-9-3-4-12(16-9)13(2)6-5-11(15)7-10(13)8-14/h3,10-11,14-15H,5-8H2,1-2H3/t10-,11+,13?/m1/s1. The predicted octanol–water partition coefficient (Wildman–Crippen LogP) is 1.80. The van der Waals surface area contributed by atoms with Gasteiger partial charge in [-0.25, -0.2) is 0 Å². The number of furan rings is 1. The molecule has 3 heteroatoms. The summed E-state index contributed by atoms with van der Waals surface area (Å²) in [5.74, 6) is 1.72. The van der Waals surface area contributed by atoms with E-state index in [1.165, 1.54) is 0 Å². The van der Waals surface area contributed by atoms with Crippen LogP contribution in [0, 0.1) is 18.9 Å². The van der Waals surface area contributed by atoms with Crippen LogP contribution in [0.25, 0.3) is 0 Å². The Bertz CT molecular complexity index is 358. The van der Waals surface area contributed by atoms with Crippen molar-refractivity contribution < 1.29 is 14.6 Å². The minimum Gasteiger partial charge on any atom is -0.465 e. The molecule has 1 aromatic heterocycles. The second kappa shape index (κ2) is 4.22. The third-order valence-corrected chi connectivity index (χ3v) is 3.86. The molecule has 1 unspecified atom stereocenters. The molecule has 0 amide bonds. The van der Waals surface area contributed by atoms with E-state index >= 15 is 0 Å². The van der Waals surface area contributed by atoms with Crippen molar-refractivity contribution in [1.82, 2.24) is 0 Å². The van der Waals surface area contributed by atoms with Gasteiger partial charge >= 0.3 is 0 Å². The van der Waals surface area contributed by atoms with Crippen LogP contribution in [0.15, 0.2) is 10.5 Å². The molecular formula is C13H19O3. The van der Waals surface area contributed by atoms with Gasteiger partial charge in [0.25, 0.3) is 0 Å². The van der Waals surface area contributed by atoms with Crippen molar-refractivity contribution in [3.05, 3.63) is 23.7 Å². The van der Waals surface area contributed by atoms with Crippen LogP contribution in [0.4, 0.5) is 0 Å². The molecular weight excluding hydrogens is 204 g/mol. The van der Waals surface area contributed by atoms with E-state index in [1.54, 1.807) is 0 Å². The quantitative estimate of drug-likeness (QED) is 0.803. The maximum absolute atomic E-state index is 9.64. The zero-order valence-corrected chi connectivity index (χ0v) is 9.86. The number of aliphatic hydroxyl groups is 2. The maximum Gasteiger partial charge on any atom is 0.118 e. The van der Waals surface area contributed by atoms with E-state index in [9.17, 15) is 10.2 Å². The summed E-state index contributed by atoms with van der Waals surface area (Å²) in [6.45, 7) is 4.07. The summed E-state index contributed by atoms with van der Waals surface area (Å²) in [5, 5.41) is 19.1. The lowest BCUT2D eigenvalue weighted by Gasteiger charge is -2.40. The molecule has 2 N–H and O–H groups in total. The smallest absolute Gasteiger partial charge is 0.118 e. The molecule has 1 aromatic rings. The first-order valence-electron chi connectivity index (χ1n) is 5.84. The Labute approximate surface area is 96.1 Å². The van der Waals surface area contributed by atoms with E-state index in [0.29, 0.717) is 6.42 Å². The molecule has 16 heavy (non-hydrogen) atoms. The molecule has 0 spiro atoms. The average molecular weight is 223 g/mol. The summed E-state index contributed by atoms with van der Waals surface area (Å²) >= 11 is 0. The van der Waals surface area contributed by atoms with Gasteiger partial charge in [-0.05, 0) is 38.2 Å². The molecule has 1 radical (unpaired) electrons. The molecule has 0 aromatic carbocycles. The third kappa shape index (κ3) is 1.89. The molecule has 1 fully saturated rings. The fourth-order valence-electron chi connectivity index (χ4n) is 2.62. The molecule has 1 aliphatic carbocycles. The average Bonchev–Trinajstić information content (AvgIpc) is 2.69. The molecule has 0 saturated heterocycles. The van der Waals surface area contributed by atoms with Gasteiger partial charge in [-0.1, -0.05) is 6.92 Å². The number of hydrogen-bond donors (Lipinski definition) is 2. The first-order valence-corrected chi connectivity index (χ1v) is 5.84. The zero-order valence-electron chi connectivity index (χ0n) is 9.86. The lowest BCUT2D eigenvalue weighted by atomic mass is 9.65. The van der Waals surface area contributed by atoms with Gasteiger partial charge in [-0.3, -0.25) is 0 Å². The van der Waals surface area contributed by atoms with Crippen LogP contribution in [0.2, 0.25) is 0 Å². The van der Waals surface area contributed by atoms with Crippen LogP contribution in [0.5, 0.6) is 0 Å². The minimum absolute atomic E-state index is 0.0537. The van der Waals surface area contributed by atoms with Gasteiger partial charge in [0.2, 0.25) is 0 Å². The van der Waals surface area contributed by atoms with Crippen molar-refractivity contribution in [3.63, 3.8) is 0 Å². The van der Waals surface area contributed by atoms with Crippen molar-refractivity contribution in [2.45, 2.75) is 44.6 Å². The van der Waals surface area contributed by atoms with E-state index in [2.05, 4.69) is 13.0 Å². The van der Waals surface area contributed by atoms with Gasteiger partial charge in [-0.2, -0.15) is 0 Å². The Morgan fingerprint density at radius 2 is 2.38 bits per heavy atom. The van der Waals surface area contributed by atoms with Crippen LogP contribution in [0.3, 0.4) is 0 Å². The van der Waals surface area contributed by atoms with E-state index in [1.807, 2.05) is 13.0 Å².